The minimum absolute atomic E-state index is 0.778. The molecule has 18 heavy (non-hydrogen) atoms. The fourth-order valence-corrected chi connectivity index (χ4v) is 14.1. The van der Waals surface area contributed by atoms with Crippen molar-refractivity contribution in [2.75, 3.05) is 0 Å². The molecule has 2 heteroatoms. The molecule has 1 aromatic carbocycles. The molecule has 0 aromatic heterocycles. The third-order valence-corrected chi connectivity index (χ3v) is 14.4. The van der Waals surface area contributed by atoms with Gasteiger partial charge in [-0.3, -0.25) is 0 Å². The Balaban J connectivity index is 2.10. The van der Waals surface area contributed by atoms with E-state index < -0.39 is 13.8 Å². The van der Waals surface area contributed by atoms with Crippen LogP contribution in [0.15, 0.2) is 53.6 Å². The zero-order valence-corrected chi connectivity index (χ0v) is 16.2. The van der Waals surface area contributed by atoms with E-state index in [2.05, 4.69) is 58.4 Å². The summed E-state index contributed by atoms with van der Waals surface area (Å²) in [7, 11) is 0. The second kappa shape index (κ2) is 4.90. The first-order chi connectivity index (χ1) is 8.57. The fraction of sp³-hybridized carbons (Fsp3) is 0.250. The first kappa shape index (κ1) is 13.1. The molecule has 0 spiro atoms. The van der Waals surface area contributed by atoms with Gasteiger partial charge in [0, 0.05) is 0 Å². The minimum atomic E-state index is -1.93. The van der Waals surface area contributed by atoms with E-state index >= 15 is 0 Å². The Labute approximate surface area is 124 Å². The predicted molar refractivity (Wildman–Crippen MR) is 76.5 cm³/mol. The first-order valence-corrected chi connectivity index (χ1v) is 23.5. The van der Waals surface area contributed by atoms with Crippen LogP contribution in [0.3, 0.4) is 0 Å². The molecule has 3 rings (SSSR count). The third-order valence-electron chi connectivity index (χ3n) is 3.79. The molecule has 1 aromatic rings. The van der Waals surface area contributed by atoms with Crippen LogP contribution in [0.2, 0.25) is 9.88 Å². The summed E-state index contributed by atoms with van der Waals surface area (Å²) >= 11 is -0.106. The van der Waals surface area contributed by atoms with Gasteiger partial charge in [-0.1, -0.05) is 0 Å². The number of hydrogen-bond donors (Lipinski definition) is 0. The molecule has 0 saturated carbocycles. The molecule has 0 radical (unpaired) electrons. The van der Waals surface area contributed by atoms with Crippen molar-refractivity contribution in [2.24, 2.45) is 0 Å². The number of allylic oxidation sites excluding steroid dienone is 5. The van der Waals surface area contributed by atoms with E-state index in [4.69, 9.17) is 0 Å². The Hall–Kier alpha value is 0.122. The van der Waals surface area contributed by atoms with Crippen molar-refractivity contribution in [2.45, 2.75) is 20.2 Å². The van der Waals surface area contributed by atoms with Crippen molar-refractivity contribution in [1.29, 1.82) is 0 Å². The molecule has 1 unspecified atom stereocenters. The van der Waals surface area contributed by atoms with Gasteiger partial charge < -0.3 is 0 Å². The van der Waals surface area contributed by atoms with E-state index in [1.165, 1.54) is 5.56 Å². The van der Waals surface area contributed by atoms with E-state index in [1.54, 1.807) is 16.7 Å². The molecule has 0 bridgehead atoms. The maximum absolute atomic E-state index is 2.59. The molecule has 0 saturated heterocycles. The van der Waals surface area contributed by atoms with Gasteiger partial charge in [-0.05, 0) is 0 Å². The van der Waals surface area contributed by atoms with Crippen LogP contribution in [-0.4, -0.2) is 13.8 Å². The van der Waals surface area contributed by atoms with Crippen LogP contribution in [-0.2, 0) is 20.5 Å². The molecule has 1 atom stereocenters. The van der Waals surface area contributed by atoms with Crippen LogP contribution >= 0.6 is 0 Å². The zero-order valence-electron chi connectivity index (χ0n) is 10.9. The molecular formula is C16H17SnZr. The molecule has 0 amide bonds. The van der Waals surface area contributed by atoms with Crippen LogP contribution in [0, 0.1) is 0 Å². The number of hydrogen-bond acceptors (Lipinski definition) is 0. The second-order valence-corrected chi connectivity index (χ2v) is 38.4. The number of rotatable bonds is 2. The molecule has 0 N–H and O–H groups in total. The third kappa shape index (κ3) is 2.29. The van der Waals surface area contributed by atoms with Gasteiger partial charge in [-0.2, -0.15) is 0 Å². The molecule has 2 aliphatic rings. The summed E-state index contributed by atoms with van der Waals surface area (Å²) in [5.41, 5.74) is 6.28. The van der Waals surface area contributed by atoms with E-state index in [9.17, 15) is 0 Å². The van der Waals surface area contributed by atoms with Crippen molar-refractivity contribution in [3.05, 3.63) is 64.8 Å². The van der Waals surface area contributed by atoms with Crippen LogP contribution in [0.1, 0.15) is 21.5 Å². The molecule has 0 fully saturated rings. The zero-order chi connectivity index (χ0) is 12.8. The van der Waals surface area contributed by atoms with Gasteiger partial charge in [0.2, 0.25) is 0 Å². The van der Waals surface area contributed by atoms with E-state index in [1.807, 2.05) is 20.5 Å². The topological polar surface area (TPSA) is 0 Å². The summed E-state index contributed by atoms with van der Waals surface area (Å²) in [6.07, 6.45) is 10.4. The Morgan fingerprint density at radius 3 is 2.67 bits per heavy atom. The summed E-state index contributed by atoms with van der Waals surface area (Å²) < 4.78 is 0.778. The van der Waals surface area contributed by atoms with Crippen molar-refractivity contribution >= 4 is 19.9 Å². The Kier molecular flexibility index (Phi) is 3.58. The predicted octanol–water partition coefficient (Wildman–Crippen LogP) is 4.34. The van der Waals surface area contributed by atoms with E-state index in [0.717, 1.165) is 10.4 Å². The SMILES string of the molecule is [CH3][Sn]([CH3])([Zr])[CH]1C(C2=CC=CC2)=Cc2ccccc21. The average Bonchev–Trinajstić information content (AvgIpc) is 2.94. The van der Waals surface area contributed by atoms with E-state index in [0.29, 0.717) is 0 Å². The van der Waals surface area contributed by atoms with Gasteiger partial charge in [-0.15, -0.1) is 0 Å². The monoisotopic (exact) mass is 419 g/mol. The Bertz CT molecular complexity index is 573. The average molecular weight is 419 g/mol. The molecule has 2 aliphatic carbocycles. The van der Waals surface area contributed by atoms with Gasteiger partial charge in [0.15, 0.2) is 0 Å². The summed E-state index contributed by atoms with van der Waals surface area (Å²) in [6.45, 7) is 0. The van der Waals surface area contributed by atoms with Crippen molar-refractivity contribution < 1.29 is 20.5 Å². The van der Waals surface area contributed by atoms with Crippen molar-refractivity contribution in [3.63, 3.8) is 0 Å². The van der Waals surface area contributed by atoms with Gasteiger partial charge in [0.05, 0.1) is 0 Å². The second-order valence-electron chi connectivity index (χ2n) is 5.71. The van der Waals surface area contributed by atoms with E-state index in [-0.39, 0.29) is 0 Å². The van der Waals surface area contributed by atoms with Gasteiger partial charge in [0.1, 0.15) is 0 Å². The summed E-state index contributed by atoms with van der Waals surface area (Å²) in [5, 5.41) is 0. The molecule has 0 nitrogen and oxygen atoms in total. The molecule has 89 valence electrons. The van der Waals surface area contributed by atoms with Crippen LogP contribution in [0.4, 0.5) is 0 Å². The standard InChI is InChI=1S/C14H11.2CH3.Sn.Zr/c1-2-6-11(5-1)14-9-12-7-3-4-8-13(12)10-14;;;;/h1-5,7-10H,6H2;2*1H3;;. The molecule has 0 aliphatic heterocycles. The summed E-state index contributed by atoms with van der Waals surface area (Å²) in [6, 6.07) is 9.01. The van der Waals surface area contributed by atoms with Gasteiger partial charge >= 0.3 is 125 Å². The Morgan fingerprint density at radius 2 is 2.00 bits per heavy atom. The van der Waals surface area contributed by atoms with Crippen molar-refractivity contribution in [1.82, 2.24) is 0 Å². The molecular weight excluding hydrogens is 402 g/mol. The van der Waals surface area contributed by atoms with Crippen molar-refractivity contribution in [3.8, 4) is 0 Å². The first-order valence-electron chi connectivity index (χ1n) is 6.49. The van der Waals surface area contributed by atoms with Crippen LogP contribution in [0.5, 0.6) is 0 Å². The number of benzene rings is 1. The summed E-state index contributed by atoms with van der Waals surface area (Å²) in [5.74, 6) is 0. The maximum atomic E-state index is 2.59. The van der Waals surface area contributed by atoms with Gasteiger partial charge in [0.25, 0.3) is 0 Å². The Morgan fingerprint density at radius 1 is 1.22 bits per heavy atom. The van der Waals surface area contributed by atoms with Crippen LogP contribution in [0.25, 0.3) is 6.08 Å². The number of fused-ring (bicyclic) bond motifs is 1. The van der Waals surface area contributed by atoms with Gasteiger partial charge in [-0.25, -0.2) is 0 Å². The van der Waals surface area contributed by atoms with Crippen LogP contribution < -0.4 is 0 Å². The normalized spacial score (nSPS) is 21.7. The summed E-state index contributed by atoms with van der Waals surface area (Å²) in [4.78, 5) is 5.19. The quantitative estimate of drug-likeness (QED) is 0.626. The molecule has 0 heterocycles. The fourth-order valence-electron chi connectivity index (χ4n) is 3.04.